The summed E-state index contributed by atoms with van der Waals surface area (Å²) >= 11 is 0. The summed E-state index contributed by atoms with van der Waals surface area (Å²) in [5.41, 5.74) is -1.19. The SMILES string of the molecule is CC(C)(C)OC(=O)N[C@@]1(C(=O)O)C[C@@H]1c1cn[nH]c1. The highest BCUT2D eigenvalue weighted by Crippen LogP contribution is 2.51. The Morgan fingerprint density at radius 3 is 2.74 bits per heavy atom. The van der Waals surface area contributed by atoms with E-state index in [4.69, 9.17) is 4.74 Å². The van der Waals surface area contributed by atoms with Crippen LogP contribution in [-0.2, 0) is 9.53 Å². The summed E-state index contributed by atoms with van der Waals surface area (Å²) in [6, 6.07) is 0. The first-order valence-electron chi connectivity index (χ1n) is 5.98. The average molecular weight is 267 g/mol. The molecule has 1 saturated carbocycles. The Balaban J connectivity index is 2.08. The molecule has 1 aliphatic rings. The number of alkyl carbamates (subject to hydrolysis) is 1. The van der Waals surface area contributed by atoms with E-state index in [-0.39, 0.29) is 5.92 Å². The van der Waals surface area contributed by atoms with Crippen LogP contribution >= 0.6 is 0 Å². The Morgan fingerprint density at radius 1 is 1.58 bits per heavy atom. The van der Waals surface area contributed by atoms with E-state index in [0.29, 0.717) is 6.42 Å². The first kappa shape index (κ1) is 13.4. The monoisotopic (exact) mass is 267 g/mol. The third kappa shape index (κ3) is 2.69. The molecule has 2 rings (SSSR count). The number of hydrogen-bond donors (Lipinski definition) is 3. The predicted molar refractivity (Wildman–Crippen MR) is 65.7 cm³/mol. The van der Waals surface area contributed by atoms with E-state index in [0.717, 1.165) is 5.56 Å². The van der Waals surface area contributed by atoms with Gasteiger partial charge in [0.1, 0.15) is 11.1 Å². The number of hydrogen-bond acceptors (Lipinski definition) is 4. The molecule has 1 heterocycles. The van der Waals surface area contributed by atoms with Gasteiger partial charge in [-0.05, 0) is 32.8 Å². The van der Waals surface area contributed by atoms with Gasteiger partial charge in [0.15, 0.2) is 0 Å². The van der Waals surface area contributed by atoms with Gasteiger partial charge >= 0.3 is 12.1 Å². The summed E-state index contributed by atoms with van der Waals surface area (Å²) in [5, 5.41) is 18.2. The first-order valence-corrected chi connectivity index (χ1v) is 5.98. The lowest BCUT2D eigenvalue weighted by atomic mass is 10.1. The molecule has 0 aliphatic heterocycles. The van der Waals surface area contributed by atoms with Crippen LogP contribution in [0.5, 0.6) is 0 Å². The van der Waals surface area contributed by atoms with Crippen molar-refractivity contribution in [2.75, 3.05) is 0 Å². The van der Waals surface area contributed by atoms with Gasteiger partial charge in [0, 0.05) is 12.1 Å². The second-order valence-electron chi connectivity index (χ2n) is 5.69. The molecular formula is C12H17N3O4. The van der Waals surface area contributed by atoms with Crippen molar-refractivity contribution in [2.45, 2.75) is 44.2 Å². The van der Waals surface area contributed by atoms with Crippen molar-refractivity contribution in [1.29, 1.82) is 0 Å². The Hall–Kier alpha value is -2.05. The molecule has 0 unspecified atom stereocenters. The highest BCUT2D eigenvalue weighted by molar-refractivity contribution is 5.89. The molecule has 1 aromatic rings. The van der Waals surface area contributed by atoms with Crippen molar-refractivity contribution in [2.24, 2.45) is 0 Å². The molecule has 3 N–H and O–H groups in total. The third-order valence-electron chi connectivity index (χ3n) is 2.99. The molecule has 1 aromatic heterocycles. The fraction of sp³-hybridized carbons (Fsp3) is 0.583. The van der Waals surface area contributed by atoms with Crippen molar-refractivity contribution < 1.29 is 19.4 Å². The zero-order chi connectivity index (χ0) is 14.3. The molecule has 0 spiro atoms. The largest absolute Gasteiger partial charge is 0.479 e. The van der Waals surface area contributed by atoms with E-state index in [2.05, 4.69) is 15.5 Å². The summed E-state index contributed by atoms with van der Waals surface area (Å²) in [4.78, 5) is 23.1. The number of nitrogens with one attached hydrogen (secondary N) is 2. The van der Waals surface area contributed by atoms with Gasteiger partial charge in [-0.1, -0.05) is 0 Å². The van der Waals surface area contributed by atoms with Crippen LogP contribution in [-0.4, -0.2) is 38.5 Å². The minimum absolute atomic E-state index is 0.281. The summed E-state index contributed by atoms with van der Waals surface area (Å²) in [6.07, 6.45) is 2.81. The number of amides is 1. The molecule has 7 heteroatoms. The van der Waals surface area contributed by atoms with Crippen LogP contribution in [0.25, 0.3) is 0 Å². The molecule has 2 atom stereocenters. The van der Waals surface area contributed by atoms with Crippen molar-refractivity contribution in [3.05, 3.63) is 18.0 Å². The number of carboxylic acids is 1. The van der Waals surface area contributed by atoms with Crippen LogP contribution in [0.3, 0.4) is 0 Å². The van der Waals surface area contributed by atoms with Gasteiger partial charge < -0.3 is 15.2 Å². The van der Waals surface area contributed by atoms with Gasteiger partial charge in [0.25, 0.3) is 0 Å². The van der Waals surface area contributed by atoms with E-state index in [1.54, 1.807) is 33.2 Å². The lowest BCUT2D eigenvalue weighted by Gasteiger charge is -2.22. The number of aromatic nitrogens is 2. The minimum atomic E-state index is -1.29. The van der Waals surface area contributed by atoms with Gasteiger partial charge in [-0.2, -0.15) is 5.10 Å². The molecular weight excluding hydrogens is 250 g/mol. The average Bonchev–Trinajstić information content (AvgIpc) is 2.72. The molecule has 0 radical (unpaired) electrons. The Bertz CT molecular complexity index is 492. The van der Waals surface area contributed by atoms with Crippen molar-refractivity contribution in [3.63, 3.8) is 0 Å². The maximum absolute atomic E-state index is 11.7. The molecule has 1 fully saturated rings. The fourth-order valence-corrected chi connectivity index (χ4v) is 2.03. The molecule has 104 valence electrons. The standard InChI is InChI=1S/C12H17N3O4/c1-11(2,3)19-10(18)15-12(9(16)17)4-8(12)7-5-13-14-6-7/h5-6,8H,4H2,1-3H3,(H,13,14)(H,15,18)(H,16,17)/t8-,12+/m1/s1. The van der Waals surface area contributed by atoms with Gasteiger partial charge in [-0.3, -0.25) is 5.10 Å². The van der Waals surface area contributed by atoms with Crippen LogP contribution in [0.1, 0.15) is 38.7 Å². The molecule has 1 amide bonds. The quantitative estimate of drug-likeness (QED) is 0.764. The zero-order valence-electron chi connectivity index (χ0n) is 11.1. The van der Waals surface area contributed by atoms with Crippen molar-refractivity contribution in [1.82, 2.24) is 15.5 Å². The molecule has 0 saturated heterocycles. The number of carboxylic acid groups (broad SMARTS) is 1. The normalized spacial score (nSPS) is 25.7. The highest BCUT2D eigenvalue weighted by Gasteiger charge is 2.63. The van der Waals surface area contributed by atoms with E-state index in [1.165, 1.54) is 0 Å². The van der Waals surface area contributed by atoms with E-state index in [9.17, 15) is 14.7 Å². The molecule has 7 nitrogen and oxygen atoms in total. The van der Waals surface area contributed by atoms with Gasteiger partial charge in [0.05, 0.1) is 6.20 Å². The Labute approximate surface area is 110 Å². The molecule has 1 aliphatic carbocycles. The molecule has 0 aromatic carbocycles. The minimum Gasteiger partial charge on any atom is -0.479 e. The molecule has 0 bridgehead atoms. The summed E-state index contributed by atoms with van der Waals surface area (Å²) < 4.78 is 5.09. The molecule has 19 heavy (non-hydrogen) atoms. The van der Waals surface area contributed by atoms with Crippen molar-refractivity contribution in [3.8, 4) is 0 Å². The van der Waals surface area contributed by atoms with Gasteiger partial charge in [0.2, 0.25) is 0 Å². The lowest BCUT2D eigenvalue weighted by molar-refractivity contribution is -0.140. The number of H-pyrrole nitrogens is 1. The summed E-state index contributed by atoms with van der Waals surface area (Å²) in [5.74, 6) is -1.35. The maximum Gasteiger partial charge on any atom is 0.408 e. The van der Waals surface area contributed by atoms with Gasteiger partial charge in [-0.25, -0.2) is 9.59 Å². The van der Waals surface area contributed by atoms with Crippen LogP contribution in [0.4, 0.5) is 4.79 Å². The number of ether oxygens (including phenoxy) is 1. The maximum atomic E-state index is 11.7. The number of aromatic amines is 1. The number of rotatable bonds is 3. The van der Waals surface area contributed by atoms with Crippen LogP contribution in [0, 0.1) is 0 Å². The zero-order valence-corrected chi connectivity index (χ0v) is 11.1. The topological polar surface area (TPSA) is 104 Å². The number of carbonyl (C=O) groups excluding carboxylic acids is 1. The predicted octanol–water partition coefficient (Wildman–Crippen LogP) is 1.25. The second-order valence-corrected chi connectivity index (χ2v) is 5.69. The summed E-state index contributed by atoms with van der Waals surface area (Å²) in [6.45, 7) is 5.17. The third-order valence-corrected chi connectivity index (χ3v) is 2.99. The smallest absolute Gasteiger partial charge is 0.408 e. The van der Waals surface area contributed by atoms with Crippen LogP contribution in [0.2, 0.25) is 0 Å². The lowest BCUT2D eigenvalue weighted by Crippen LogP contribution is -2.46. The van der Waals surface area contributed by atoms with Gasteiger partial charge in [-0.15, -0.1) is 0 Å². The number of aliphatic carboxylic acids is 1. The number of nitrogens with zero attached hydrogens (tertiary/aromatic N) is 1. The number of carbonyl (C=O) groups is 2. The fourth-order valence-electron chi connectivity index (χ4n) is 2.03. The highest BCUT2D eigenvalue weighted by atomic mass is 16.6. The van der Waals surface area contributed by atoms with E-state index in [1.807, 2.05) is 0 Å². The Kier molecular flexibility index (Phi) is 3.00. The summed E-state index contributed by atoms with van der Waals surface area (Å²) in [7, 11) is 0. The second kappa shape index (κ2) is 4.25. The van der Waals surface area contributed by atoms with E-state index < -0.39 is 23.2 Å². The van der Waals surface area contributed by atoms with Crippen molar-refractivity contribution >= 4 is 12.1 Å². The van der Waals surface area contributed by atoms with E-state index >= 15 is 0 Å². The Morgan fingerprint density at radius 2 is 2.26 bits per heavy atom. The van der Waals surface area contributed by atoms with Crippen LogP contribution in [0.15, 0.2) is 12.4 Å². The van der Waals surface area contributed by atoms with Crippen LogP contribution < -0.4 is 5.32 Å². The first-order chi connectivity index (χ1) is 8.74.